The van der Waals surface area contributed by atoms with Crippen molar-refractivity contribution in [2.45, 2.75) is 26.2 Å². The van der Waals surface area contributed by atoms with Crippen molar-refractivity contribution in [2.24, 2.45) is 5.92 Å². The summed E-state index contributed by atoms with van der Waals surface area (Å²) in [5, 5.41) is 20.0. The van der Waals surface area contributed by atoms with Crippen LogP contribution in [0.25, 0.3) is 0 Å². The van der Waals surface area contributed by atoms with Crippen LogP contribution in [0, 0.1) is 17.2 Å². The molecule has 20 heavy (non-hydrogen) atoms. The van der Waals surface area contributed by atoms with Gasteiger partial charge < -0.3 is 10.4 Å². The van der Waals surface area contributed by atoms with Gasteiger partial charge in [0.2, 0.25) is 0 Å². The second-order valence-corrected chi connectivity index (χ2v) is 4.77. The molecule has 0 aliphatic carbocycles. The first kappa shape index (κ1) is 15.7. The summed E-state index contributed by atoms with van der Waals surface area (Å²) in [4.78, 5) is 22.2. The summed E-state index contributed by atoms with van der Waals surface area (Å²) < 4.78 is 0. The van der Waals surface area contributed by atoms with Crippen LogP contribution in [-0.4, -0.2) is 23.5 Å². The lowest BCUT2D eigenvalue weighted by Gasteiger charge is -2.10. The van der Waals surface area contributed by atoms with Crippen molar-refractivity contribution < 1.29 is 14.7 Å². The second kappa shape index (κ2) is 7.95. The maximum atomic E-state index is 11.8. The zero-order chi connectivity index (χ0) is 15.0. The van der Waals surface area contributed by atoms with E-state index in [4.69, 9.17) is 10.4 Å². The molecule has 0 aliphatic heterocycles. The van der Waals surface area contributed by atoms with E-state index in [0.717, 1.165) is 6.42 Å². The number of rotatable bonds is 7. The number of carboxylic acid groups (broad SMARTS) is 1. The van der Waals surface area contributed by atoms with E-state index >= 15 is 0 Å². The fourth-order valence-electron chi connectivity index (χ4n) is 1.74. The van der Waals surface area contributed by atoms with Crippen molar-refractivity contribution in [1.82, 2.24) is 5.32 Å². The van der Waals surface area contributed by atoms with E-state index in [2.05, 4.69) is 5.32 Å². The fraction of sp³-hybridized carbons (Fsp3) is 0.400. The Morgan fingerprint density at radius 1 is 1.30 bits per heavy atom. The molecule has 1 atom stereocenters. The predicted molar refractivity (Wildman–Crippen MR) is 74.1 cm³/mol. The molecule has 1 amide bonds. The maximum absolute atomic E-state index is 11.8. The molecule has 0 aliphatic rings. The number of carboxylic acids is 1. The minimum Gasteiger partial charge on any atom is -0.481 e. The summed E-state index contributed by atoms with van der Waals surface area (Å²) in [7, 11) is 0. The quantitative estimate of drug-likeness (QED) is 0.797. The van der Waals surface area contributed by atoms with Crippen molar-refractivity contribution >= 4 is 11.9 Å². The number of nitrogens with zero attached hydrogens (tertiary/aromatic N) is 1. The zero-order valence-electron chi connectivity index (χ0n) is 11.4. The molecule has 2 N–H and O–H groups in total. The van der Waals surface area contributed by atoms with E-state index in [9.17, 15) is 9.59 Å². The van der Waals surface area contributed by atoms with E-state index in [1.807, 2.05) is 13.0 Å². The molecule has 0 spiro atoms. The standard InChI is InChI=1S/C15H18N2O3/c1-11(2-7-14(18)19)8-9-17-15(20)13-5-3-12(10-16)4-6-13/h3-6,11H,2,7-9H2,1H3,(H,17,20)(H,18,19). The molecule has 1 rings (SSSR count). The van der Waals surface area contributed by atoms with Gasteiger partial charge >= 0.3 is 5.97 Å². The molecule has 0 radical (unpaired) electrons. The van der Waals surface area contributed by atoms with Crippen molar-refractivity contribution in [2.75, 3.05) is 6.54 Å². The van der Waals surface area contributed by atoms with Gasteiger partial charge in [-0.15, -0.1) is 0 Å². The van der Waals surface area contributed by atoms with E-state index in [1.165, 1.54) is 0 Å². The lowest BCUT2D eigenvalue weighted by molar-refractivity contribution is -0.137. The summed E-state index contributed by atoms with van der Waals surface area (Å²) in [6.45, 7) is 2.48. The van der Waals surface area contributed by atoms with Gasteiger partial charge in [-0.25, -0.2) is 0 Å². The highest BCUT2D eigenvalue weighted by Crippen LogP contribution is 2.09. The molecule has 1 aromatic carbocycles. The van der Waals surface area contributed by atoms with Gasteiger partial charge in [-0.2, -0.15) is 5.26 Å². The molecule has 1 aromatic rings. The number of nitriles is 1. The molecule has 0 bridgehead atoms. The third-order valence-corrected chi connectivity index (χ3v) is 3.05. The molecule has 0 saturated carbocycles. The predicted octanol–water partition coefficient (Wildman–Crippen LogP) is 2.18. The SMILES string of the molecule is CC(CCNC(=O)c1ccc(C#N)cc1)CCC(=O)O. The van der Waals surface area contributed by atoms with Gasteiger partial charge in [-0.05, 0) is 43.0 Å². The summed E-state index contributed by atoms with van der Waals surface area (Å²) in [5.41, 5.74) is 1.03. The summed E-state index contributed by atoms with van der Waals surface area (Å²) in [5.74, 6) is -0.717. The molecule has 1 unspecified atom stereocenters. The lowest BCUT2D eigenvalue weighted by atomic mass is 10.0. The Labute approximate surface area is 118 Å². The second-order valence-electron chi connectivity index (χ2n) is 4.77. The van der Waals surface area contributed by atoms with Gasteiger partial charge in [0, 0.05) is 18.5 Å². The number of benzene rings is 1. The molecule has 5 heteroatoms. The van der Waals surface area contributed by atoms with Crippen LogP contribution in [-0.2, 0) is 4.79 Å². The summed E-state index contributed by atoms with van der Waals surface area (Å²) in [6.07, 6.45) is 1.52. The zero-order valence-corrected chi connectivity index (χ0v) is 11.4. The highest BCUT2D eigenvalue weighted by atomic mass is 16.4. The summed E-state index contributed by atoms with van der Waals surface area (Å²) in [6, 6.07) is 8.42. The highest BCUT2D eigenvalue weighted by Gasteiger charge is 2.08. The van der Waals surface area contributed by atoms with Gasteiger partial charge in [0.25, 0.3) is 5.91 Å². The average molecular weight is 274 g/mol. The number of hydrogen-bond acceptors (Lipinski definition) is 3. The van der Waals surface area contributed by atoms with Crippen molar-refractivity contribution in [3.05, 3.63) is 35.4 Å². The minimum absolute atomic E-state index is 0.157. The largest absolute Gasteiger partial charge is 0.481 e. The molecular weight excluding hydrogens is 256 g/mol. The fourth-order valence-corrected chi connectivity index (χ4v) is 1.74. The topological polar surface area (TPSA) is 90.2 Å². The Balaban J connectivity index is 2.32. The van der Waals surface area contributed by atoms with Crippen molar-refractivity contribution in [1.29, 1.82) is 5.26 Å². The normalized spacial score (nSPS) is 11.4. The van der Waals surface area contributed by atoms with E-state index in [-0.39, 0.29) is 18.2 Å². The number of hydrogen-bond donors (Lipinski definition) is 2. The van der Waals surface area contributed by atoms with Crippen LogP contribution in [0.2, 0.25) is 0 Å². The van der Waals surface area contributed by atoms with Crippen molar-refractivity contribution in [3.8, 4) is 6.07 Å². The molecule has 0 saturated heterocycles. The van der Waals surface area contributed by atoms with Crippen LogP contribution in [0.15, 0.2) is 24.3 Å². The number of carbonyl (C=O) groups is 2. The van der Waals surface area contributed by atoms with Crippen molar-refractivity contribution in [3.63, 3.8) is 0 Å². The first-order chi connectivity index (χ1) is 9.52. The molecule has 106 valence electrons. The third-order valence-electron chi connectivity index (χ3n) is 3.05. The van der Waals surface area contributed by atoms with Gasteiger partial charge in [-0.1, -0.05) is 6.92 Å². The number of aliphatic carboxylic acids is 1. The Kier molecular flexibility index (Phi) is 6.24. The van der Waals surface area contributed by atoms with Gasteiger partial charge in [0.15, 0.2) is 0 Å². The van der Waals surface area contributed by atoms with Crippen LogP contribution in [0.1, 0.15) is 42.1 Å². The Morgan fingerprint density at radius 3 is 2.50 bits per heavy atom. The molecule has 0 fully saturated rings. The van der Waals surface area contributed by atoms with E-state index < -0.39 is 5.97 Å². The lowest BCUT2D eigenvalue weighted by Crippen LogP contribution is -2.25. The highest BCUT2D eigenvalue weighted by molar-refractivity contribution is 5.94. The van der Waals surface area contributed by atoms with Crippen LogP contribution in [0.4, 0.5) is 0 Å². The van der Waals surface area contributed by atoms with Crippen LogP contribution in [0.5, 0.6) is 0 Å². The summed E-state index contributed by atoms with van der Waals surface area (Å²) >= 11 is 0. The Bertz CT molecular complexity index is 503. The number of carbonyl (C=O) groups excluding carboxylic acids is 1. The van der Waals surface area contributed by atoms with E-state index in [1.54, 1.807) is 24.3 Å². The monoisotopic (exact) mass is 274 g/mol. The Hall–Kier alpha value is -2.35. The molecule has 5 nitrogen and oxygen atoms in total. The molecular formula is C15H18N2O3. The number of amides is 1. The number of nitrogens with one attached hydrogen (secondary N) is 1. The molecule has 0 heterocycles. The smallest absolute Gasteiger partial charge is 0.303 e. The average Bonchev–Trinajstić information content (AvgIpc) is 2.45. The maximum Gasteiger partial charge on any atom is 0.303 e. The van der Waals surface area contributed by atoms with Gasteiger partial charge in [0.05, 0.1) is 11.6 Å². The first-order valence-corrected chi connectivity index (χ1v) is 6.53. The van der Waals surface area contributed by atoms with Crippen LogP contribution in [0.3, 0.4) is 0 Å². The van der Waals surface area contributed by atoms with Gasteiger partial charge in [0.1, 0.15) is 0 Å². The third kappa shape index (κ3) is 5.53. The minimum atomic E-state index is -0.793. The van der Waals surface area contributed by atoms with Gasteiger partial charge in [-0.3, -0.25) is 9.59 Å². The molecule has 0 aromatic heterocycles. The Morgan fingerprint density at radius 2 is 1.95 bits per heavy atom. The van der Waals surface area contributed by atoms with E-state index in [0.29, 0.717) is 24.1 Å². The van der Waals surface area contributed by atoms with Crippen LogP contribution >= 0.6 is 0 Å². The van der Waals surface area contributed by atoms with Crippen LogP contribution < -0.4 is 5.32 Å². The first-order valence-electron chi connectivity index (χ1n) is 6.53.